The van der Waals surface area contributed by atoms with Crippen molar-refractivity contribution in [2.24, 2.45) is 0 Å². The molecule has 1 atom stereocenters. The number of nitrogens with one attached hydrogen (secondary N) is 1. The highest BCUT2D eigenvalue weighted by molar-refractivity contribution is 4.79. The molecule has 0 saturated carbocycles. The number of aliphatic hydroxyl groups is 1. The first-order valence-electron chi connectivity index (χ1n) is 7.69. The Morgan fingerprint density at radius 1 is 1.11 bits per heavy atom. The van der Waals surface area contributed by atoms with Crippen LogP contribution >= 0.6 is 0 Å². The maximum atomic E-state index is 10.2. The molecule has 0 aliphatic rings. The van der Waals surface area contributed by atoms with E-state index in [0.29, 0.717) is 12.6 Å². The first kappa shape index (κ1) is 17.9. The number of nitrogens with zero attached hydrogens (tertiary/aromatic N) is 1. The molecular formula is C15H34N2O. The maximum Gasteiger partial charge on any atom is 0.0766 e. The van der Waals surface area contributed by atoms with Crippen molar-refractivity contribution in [2.45, 2.75) is 71.9 Å². The molecule has 110 valence electrons. The predicted octanol–water partition coefficient (Wildman–Crippen LogP) is 2.64. The molecule has 0 spiro atoms. The third-order valence-electron chi connectivity index (χ3n) is 4.10. The van der Waals surface area contributed by atoms with Gasteiger partial charge in [-0.15, -0.1) is 0 Å². The molecule has 0 aromatic heterocycles. The van der Waals surface area contributed by atoms with E-state index in [2.05, 4.69) is 44.8 Å². The first-order valence-corrected chi connectivity index (χ1v) is 7.69. The monoisotopic (exact) mass is 258 g/mol. The lowest BCUT2D eigenvalue weighted by atomic mass is 9.97. The van der Waals surface area contributed by atoms with Crippen molar-refractivity contribution >= 4 is 0 Å². The fraction of sp³-hybridized carbons (Fsp3) is 1.00. The summed E-state index contributed by atoms with van der Waals surface area (Å²) in [5.41, 5.74) is -0.521. The summed E-state index contributed by atoms with van der Waals surface area (Å²) in [4.78, 5) is 2.46. The molecule has 0 fully saturated rings. The van der Waals surface area contributed by atoms with Crippen molar-refractivity contribution in [1.82, 2.24) is 10.2 Å². The van der Waals surface area contributed by atoms with Crippen LogP contribution in [0.2, 0.25) is 0 Å². The number of hydrogen-bond acceptors (Lipinski definition) is 3. The summed E-state index contributed by atoms with van der Waals surface area (Å²) >= 11 is 0. The van der Waals surface area contributed by atoms with Crippen LogP contribution in [0, 0.1) is 0 Å². The topological polar surface area (TPSA) is 35.5 Å². The Hall–Kier alpha value is -0.120. The Morgan fingerprint density at radius 2 is 1.67 bits per heavy atom. The van der Waals surface area contributed by atoms with Crippen LogP contribution in [0.3, 0.4) is 0 Å². The molecule has 0 amide bonds. The average Bonchev–Trinajstić information content (AvgIpc) is 2.41. The fourth-order valence-electron chi connectivity index (χ4n) is 2.13. The zero-order valence-electron chi connectivity index (χ0n) is 13.1. The number of rotatable bonds is 11. The summed E-state index contributed by atoms with van der Waals surface area (Å²) in [5.74, 6) is 0. The molecule has 0 saturated heterocycles. The zero-order valence-corrected chi connectivity index (χ0v) is 13.1. The molecule has 0 aromatic carbocycles. The highest BCUT2D eigenvalue weighted by Crippen LogP contribution is 2.13. The van der Waals surface area contributed by atoms with E-state index < -0.39 is 5.60 Å². The first-order chi connectivity index (χ1) is 8.51. The van der Waals surface area contributed by atoms with Crippen LogP contribution in [0.25, 0.3) is 0 Å². The molecule has 2 N–H and O–H groups in total. The van der Waals surface area contributed by atoms with E-state index in [-0.39, 0.29) is 0 Å². The summed E-state index contributed by atoms with van der Waals surface area (Å²) in [6.45, 7) is 14.9. The van der Waals surface area contributed by atoms with Gasteiger partial charge in [0.25, 0.3) is 0 Å². The van der Waals surface area contributed by atoms with Crippen LogP contribution in [-0.4, -0.2) is 47.8 Å². The molecule has 0 bridgehead atoms. The standard InChI is InChI=1S/C15H34N2O/c1-6-15(18,7-2)13-16-14(5)11-10-12-17(8-3)9-4/h14,16,18H,6-13H2,1-5H3. The van der Waals surface area contributed by atoms with Gasteiger partial charge in [-0.25, -0.2) is 0 Å². The van der Waals surface area contributed by atoms with Crippen molar-refractivity contribution in [3.8, 4) is 0 Å². The second-order valence-electron chi connectivity index (χ2n) is 5.38. The Balaban J connectivity index is 3.74. The molecule has 0 aliphatic carbocycles. The van der Waals surface area contributed by atoms with Gasteiger partial charge in [0.15, 0.2) is 0 Å². The largest absolute Gasteiger partial charge is 0.389 e. The van der Waals surface area contributed by atoms with Gasteiger partial charge in [-0.1, -0.05) is 27.7 Å². The second kappa shape index (κ2) is 9.76. The summed E-state index contributed by atoms with van der Waals surface area (Å²) in [6, 6.07) is 0.491. The van der Waals surface area contributed by atoms with E-state index in [9.17, 15) is 5.11 Å². The quantitative estimate of drug-likeness (QED) is 0.598. The highest BCUT2D eigenvalue weighted by atomic mass is 16.3. The SMILES string of the molecule is CCN(CC)CCCC(C)NCC(O)(CC)CC. The lowest BCUT2D eigenvalue weighted by Crippen LogP contribution is -2.43. The normalized spacial score (nSPS) is 14.2. The molecule has 0 rings (SSSR count). The second-order valence-corrected chi connectivity index (χ2v) is 5.38. The van der Waals surface area contributed by atoms with Gasteiger partial charge in [0.2, 0.25) is 0 Å². The molecule has 3 nitrogen and oxygen atoms in total. The lowest BCUT2D eigenvalue weighted by molar-refractivity contribution is 0.0300. The maximum absolute atomic E-state index is 10.2. The smallest absolute Gasteiger partial charge is 0.0766 e. The van der Waals surface area contributed by atoms with Crippen LogP contribution in [0.5, 0.6) is 0 Å². The fourth-order valence-corrected chi connectivity index (χ4v) is 2.13. The van der Waals surface area contributed by atoms with Gasteiger partial charge in [-0.2, -0.15) is 0 Å². The molecule has 0 aromatic rings. The third-order valence-corrected chi connectivity index (χ3v) is 4.10. The van der Waals surface area contributed by atoms with Crippen molar-refractivity contribution in [3.05, 3.63) is 0 Å². The highest BCUT2D eigenvalue weighted by Gasteiger charge is 2.22. The minimum atomic E-state index is -0.521. The summed E-state index contributed by atoms with van der Waals surface area (Å²) in [7, 11) is 0. The molecule has 0 radical (unpaired) electrons. The molecule has 0 aliphatic heterocycles. The molecule has 18 heavy (non-hydrogen) atoms. The predicted molar refractivity (Wildman–Crippen MR) is 80.0 cm³/mol. The molecular weight excluding hydrogens is 224 g/mol. The van der Waals surface area contributed by atoms with Crippen LogP contribution in [0.1, 0.15) is 60.3 Å². The Labute approximate surface area is 114 Å². The van der Waals surface area contributed by atoms with E-state index >= 15 is 0 Å². The minimum Gasteiger partial charge on any atom is -0.389 e. The van der Waals surface area contributed by atoms with Gasteiger partial charge >= 0.3 is 0 Å². The Bertz CT molecular complexity index is 189. The van der Waals surface area contributed by atoms with Crippen LogP contribution in [0.15, 0.2) is 0 Å². The van der Waals surface area contributed by atoms with E-state index in [1.165, 1.54) is 19.4 Å². The number of hydrogen-bond donors (Lipinski definition) is 2. The van der Waals surface area contributed by atoms with Crippen LogP contribution in [0.4, 0.5) is 0 Å². The van der Waals surface area contributed by atoms with E-state index in [1.54, 1.807) is 0 Å². The van der Waals surface area contributed by atoms with E-state index in [1.807, 2.05) is 0 Å². The van der Waals surface area contributed by atoms with Gasteiger partial charge in [-0.3, -0.25) is 0 Å². The van der Waals surface area contributed by atoms with Gasteiger partial charge in [0, 0.05) is 12.6 Å². The third kappa shape index (κ3) is 7.34. The average molecular weight is 258 g/mol. The van der Waals surface area contributed by atoms with Crippen molar-refractivity contribution < 1.29 is 5.11 Å². The van der Waals surface area contributed by atoms with E-state index in [0.717, 1.165) is 25.9 Å². The van der Waals surface area contributed by atoms with Gasteiger partial charge < -0.3 is 15.3 Å². The lowest BCUT2D eigenvalue weighted by Gasteiger charge is -2.28. The van der Waals surface area contributed by atoms with Gasteiger partial charge in [-0.05, 0) is 52.2 Å². The van der Waals surface area contributed by atoms with Crippen LogP contribution in [-0.2, 0) is 0 Å². The Kier molecular flexibility index (Phi) is 9.70. The summed E-state index contributed by atoms with van der Waals surface area (Å²) < 4.78 is 0. The van der Waals surface area contributed by atoms with Gasteiger partial charge in [0.05, 0.1) is 5.60 Å². The van der Waals surface area contributed by atoms with E-state index in [4.69, 9.17) is 0 Å². The zero-order chi connectivity index (χ0) is 14.0. The van der Waals surface area contributed by atoms with Crippen molar-refractivity contribution in [3.63, 3.8) is 0 Å². The van der Waals surface area contributed by atoms with Gasteiger partial charge in [0.1, 0.15) is 0 Å². The molecule has 3 heteroatoms. The molecule has 0 heterocycles. The van der Waals surface area contributed by atoms with Crippen LogP contribution < -0.4 is 5.32 Å². The Morgan fingerprint density at radius 3 is 2.11 bits per heavy atom. The summed E-state index contributed by atoms with van der Waals surface area (Å²) in [5, 5.41) is 13.7. The van der Waals surface area contributed by atoms with Crippen molar-refractivity contribution in [1.29, 1.82) is 0 Å². The molecule has 1 unspecified atom stereocenters. The summed E-state index contributed by atoms with van der Waals surface area (Å²) in [6.07, 6.45) is 4.05. The van der Waals surface area contributed by atoms with Crippen molar-refractivity contribution in [2.75, 3.05) is 26.2 Å². The minimum absolute atomic E-state index is 0.491.